The van der Waals surface area contributed by atoms with Crippen molar-refractivity contribution in [2.75, 3.05) is 6.54 Å². The van der Waals surface area contributed by atoms with E-state index in [0.29, 0.717) is 6.54 Å². The van der Waals surface area contributed by atoms with Crippen LogP contribution in [0.25, 0.3) is 0 Å². The highest BCUT2D eigenvalue weighted by Crippen LogP contribution is 2.10. The van der Waals surface area contributed by atoms with Crippen molar-refractivity contribution in [2.24, 2.45) is 0 Å². The first-order valence-electron chi connectivity index (χ1n) is 5.13. The molecule has 0 amide bonds. The summed E-state index contributed by atoms with van der Waals surface area (Å²) < 4.78 is 0. The Morgan fingerprint density at radius 3 is 2.75 bits per heavy atom. The fourth-order valence-corrected chi connectivity index (χ4v) is 1.35. The van der Waals surface area contributed by atoms with Crippen LogP contribution < -0.4 is 5.32 Å². The molecule has 0 fully saturated rings. The second kappa shape index (κ2) is 6.02. The number of nitrogens with zero attached hydrogens (tertiary/aromatic N) is 1. The summed E-state index contributed by atoms with van der Waals surface area (Å²) in [5, 5.41) is 11.8. The third-order valence-corrected chi connectivity index (χ3v) is 2.26. The molecule has 16 heavy (non-hydrogen) atoms. The molecule has 86 valence electrons. The van der Waals surface area contributed by atoms with Crippen LogP contribution in [0.5, 0.6) is 0 Å². The Balaban J connectivity index is 2.48. The van der Waals surface area contributed by atoms with Gasteiger partial charge in [-0.3, -0.25) is 4.98 Å². The van der Waals surface area contributed by atoms with Gasteiger partial charge in [-0.2, -0.15) is 0 Å². The quantitative estimate of drug-likeness (QED) is 0.742. The van der Waals surface area contributed by atoms with E-state index in [-0.39, 0.29) is 6.04 Å². The van der Waals surface area contributed by atoms with Gasteiger partial charge in [0.1, 0.15) is 0 Å². The fraction of sp³-hybridized carbons (Fsp3) is 0.333. The topological polar surface area (TPSA) is 62.2 Å². The smallest absolute Gasteiger partial charge is 0.328 e. The number of aromatic nitrogens is 1. The average molecular weight is 220 g/mol. The number of carbonyl (C=O) groups is 1. The number of hydrogen-bond acceptors (Lipinski definition) is 3. The molecule has 0 aliphatic carbocycles. The van der Waals surface area contributed by atoms with E-state index < -0.39 is 5.97 Å². The molecule has 1 aromatic rings. The molecule has 0 unspecified atom stereocenters. The maximum absolute atomic E-state index is 10.4. The van der Waals surface area contributed by atoms with Crippen molar-refractivity contribution in [1.82, 2.24) is 10.3 Å². The first-order valence-corrected chi connectivity index (χ1v) is 5.13. The lowest BCUT2D eigenvalue weighted by Crippen LogP contribution is -2.20. The molecule has 4 nitrogen and oxygen atoms in total. The van der Waals surface area contributed by atoms with Crippen molar-refractivity contribution in [1.29, 1.82) is 0 Å². The molecule has 0 aromatic carbocycles. The van der Waals surface area contributed by atoms with Crippen molar-refractivity contribution in [3.05, 3.63) is 41.7 Å². The number of carboxylic acids is 1. The Labute approximate surface area is 95.0 Å². The van der Waals surface area contributed by atoms with Crippen LogP contribution in [-0.2, 0) is 4.79 Å². The van der Waals surface area contributed by atoms with Crippen molar-refractivity contribution in [3.8, 4) is 0 Å². The van der Waals surface area contributed by atoms with Crippen LogP contribution in [0.1, 0.15) is 25.5 Å². The standard InChI is InChI=1S/C12H16N2O2/c1-9(7-12(15)16)8-14-10(2)11-3-5-13-6-4-11/h3-7,10,14H,8H2,1-2H3,(H,15,16)/b9-7+/t10-/m1/s1. The van der Waals surface area contributed by atoms with Crippen molar-refractivity contribution < 1.29 is 9.90 Å². The van der Waals surface area contributed by atoms with Gasteiger partial charge in [-0.05, 0) is 31.5 Å². The molecule has 0 saturated heterocycles. The summed E-state index contributed by atoms with van der Waals surface area (Å²) in [4.78, 5) is 14.4. The highest BCUT2D eigenvalue weighted by molar-refractivity contribution is 5.80. The van der Waals surface area contributed by atoms with Crippen molar-refractivity contribution in [3.63, 3.8) is 0 Å². The molecule has 1 aromatic heterocycles. The minimum Gasteiger partial charge on any atom is -0.478 e. The van der Waals surface area contributed by atoms with E-state index in [4.69, 9.17) is 5.11 Å². The van der Waals surface area contributed by atoms with Gasteiger partial charge in [-0.25, -0.2) is 4.79 Å². The van der Waals surface area contributed by atoms with E-state index in [1.54, 1.807) is 19.3 Å². The predicted molar refractivity (Wildman–Crippen MR) is 62.0 cm³/mol. The third-order valence-electron chi connectivity index (χ3n) is 2.26. The Morgan fingerprint density at radius 1 is 1.56 bits per heavy atom. The average Bonchev–Trinajstić information content (AvgIpc) is 2.26. The normalized spacial score (nSPS) is 13.5. The van der Waals surface area contributed by atoms with Crippen LogP contribution in [0.2, 0.25) is 0 Å². The molecule has 1 atom stereocenters. The Morgan fingerprint density at radius 2 is 2.19 bits per heavy atom. The number of nitrogens with one attached hydrogen (secondary N) is 1. The van der Waals surface area contributed by atoms with Crippen LogP contribution in [0, 0.1) is 0 Å². The van der Waals surface area contributed by atoms with E-state index in [1.807, 2.05) is 19.1 Å². The van der Waals surface area contributed by atoms with Crippen LogP contribution in [-0.4, -0.2) is 22.6 Å². The van der Waals surface area contributed by atoms with E-state index in [1.165, 1.54) is 6.08 Å². The number of hydrogen-bond donors (Lipinski definition) is 2. The highest BCUT2D eigenvalue weighted by Gasteiger charge is 2.04. The van der Waals surface area contributed by atoms with Crippen molar-refractivity contribution in [2.45, 2.75) is 19.9 Å². The molecule has 1 heterocycles. The van der Waals surface area contributed by atoms with Gasteiger partial charge in [-0.1, -0.05) is 5.57 Å². The summed E-state index contributed by atoms with van der Waals surface area (Å²) in [6.07, 6.45) is 4.70. The van der Waals surface area contributed by atoms with Gasteiger partial charge in [0, 0.05) is 31.1 Å². The minimum atomic E-state index is -0.907. The Bertz CT molecular complexity index is 374. The molecule has 1 rings (SSSR count). The summed E-state index contributed by atoms with van der Waals surface area (Å²) in [6.45, 7) is 4.39. The molecular formula is C12H16N2O2. The molecule has 0 saturated carbocycles. The van der Waals surface area contributed by atoms with E-state index in [9.17, 15) is 4.79 Å². The van der Waals surface area contributed by atoms with Gasteiger partial charge in [0.15, 0.2) is 0 Å². The molecule has 4 heteroatoms. The van der Waals surface area contributed by atoms with Crippen LogP contribution in [0.4, 0.5) is 0 Å². The highest BCUT2D eigenvalue weighted by atomic mass is 16.4. The zero-order valence-corrected chi connectivity index (χ0v) is 9.47. The van der Waals surface area contributed by atoms with Crippen LogP contribution in [0.15, 0.2) is 36.2 Å². The first kappa shape index (κ1) is 12.4. The first-order chi connectivity index (χ1) is 7.59. The second-order valence-corrected chi connectivity index (χ2v) is 3.71. The lowest BCUT2D eigenvalue weighted by atomic mass is 10.1. The summed E-state index contributed by atoms with van der Waals surface area (Å²) in [7, 11) is 0. The monoisotopic (exact) mass is 220 g/mol. The second-order valence-electron chi connectivity index (χ2n) is 3.71. The number of pyridine rings is 1. The van der Waals surface area contributed by atoms with E-state index in [0.717, 1.165) is 11.1 Å². The van der Waals surface area contributed by atoms with Gasteiger partial charge in [0.25, 0.3) is 0 Å². The third kappa shape index (κ3) is 4.23. The van der Waals surface area contributed by atoms with E-state index >= 15 is 0 Å². The van der Waals surface area contributed by atoms with Crippen molar-refractivity contribution >= 4 is 5.97 Å². The molecule has 0 aliphatic heterocycles. The lowest BCUT2D eigenvalue weighted by molar-refractivity contribution is -0.131. The molecule has 2 N–H and O–H groups in total. The molecule has 0 aliphatic rings. The van der Waals surface area contributed by atoms with Gasteiger partial charge in [0.05, 0.1) is 0 Å². The minimum absolute atomic E-state index is 0.181. The Hall–Kier alpha value is -1.68. The van der Waals surface area contributed by atoms with Crippen LogP contribution >= 0.6 is 0 Å². The predicted octanol–water partition coefficient (Wildman–Crippen LogP) is 1.76. The van der Waals surface area contributed by atoms with Gasteiger partial charge < -0.3 is 10.4 Å². The largest absolute Gasteiger partial charge is 0.478 e. The summed E-state index contributed by atoms with van der Waals surface area (Å²) in [6, 6.07) is 4.06. The molecule has 0 spiro atoms. The van der Waals surface area contributed by atoms with Crippen LogP contribution in [0.3, 0.4) is 0 Å². The van der Waals surface area contributed by atoms with E-state index in [2.05, 4.69) is 10.3 Å². The molecular weight excluding hydrogens is 204 g/mol. The zero-order chi connectivity index (χ0) is 12.0. The number of carboxylic acid groups (broad SMARTS) is 1. The lowest BCUT2D eigenvalue weighted by Gasteiger charge is -2.13. The summed E-state index contributed by atoms with van der Waals surface area (Å²) in [5.41, 5.74) is 1.94. The van der Waals surface area contributed by atoms with Gasteiger partial charge in [0.2, 0.25) is 0 Å². The Kier molecular flexibility index (Phi) is 4.66. The molecule has 0 radical (unpaired) electrons. The van der Waals surface area contributed by atoms with Gasteiger partial charge in [-0.15, -0.1) is 0 Å². The number of aliphatic carboxylic acids is 1. The maximum Gasteiger partial charge on any atom is 0.328 e. The summed E-state index contributed by atoms with van der Waals surface area (Å²) in [5.74, 6) is -0.907. The summed E-state index contributed by atoms with van der Waals surface area (Å²) >= 11 is 0. The number of rotatable bonds is 5. The SMILES string of the molecule is C/C(=C\C(=O)O)CN[C@H](C)c1ccncc1. The maximum atomic E-state index is 10.4. The van der Waals surface area contributed by atoms with Gasteiger partial charge >= 0.3 is 5.97 Å². The zero-order valence-electron chi connectivity index (χ0n) is 9.47. The fourth-order valence-electron chi connectivity index (χ4n) is 1.35. The molecule has 0 bridgehead atoms.